The Kier molecular flexibility index (Phi) is 5.16. The lowest BCUT2D eigenvalue weighted by atomic mass is 9.97. The molecule has 1 atom stereocenters. The van der Waals surface area contributed by atoms with Gasteiger partial charge in [0.15, 0.2) is 0 Å². The van der Waals surface area contributed by atoms with Crippen molar-refractivity contribution in [1.82, 2.24) is 4.90 Å². The van der Waals surface area contributed by atoms with Crippen LogP contribution >= 0.6 is 0 Å². The molecule has 0 aromatic heterocycles. The summed E-state index contributed by atoms with van der Waals surface area (Å²) in [5, 5.41) is 0. The average Bonchev–Trinajstić information content (AvgIpc) is 2.67. The van der Waals surface area contributed by atoms with Gasteiger partial charge in [-0.1, -0.05) is 0 Å². The highest BCUT2D eigenvalue weighted by Gasteiger charge is 2.31. The van der Waals surface area contributed by atoms with E-state index in [1.807, 2.05) is 4.90 Å². The zero-order valence-electron chi connectivity index (χ0n) is 15.5. The molecule has 1 amide bonds. The molecule has 2 aromatic carbocycles. The number of benzene rings is 2. The Morgan fingerprint density at radius 1 is 1.07 bits per heavy atom. The fraction of sp³-hybridized carbons (Fsp3) is 0.350. The molecule has 2 aliphatic rings. The third-order valence-corrected chi connectivity index (χ3v) is 6.66. The molecule has 1 saturated heterocycles. The first-order valence-corrected chi connectivity index (χ1v) is 10.9. The highest BCUT2D eigenvalue weighted by Crippen LogP contribution is 2.31. The van der Waals surface area contributed by atoms with Crippen molar-refractivity contribution in [2.75, 3.05) is 17.9 Å². The number of carbonyl (C=O) groups excluding carboxylic acids is 1. The van der Waals surface area contributed by atoms with Gasteiger partial charge in [0, 0.05) is 30.8 Å². The summed E-state index contributed by atoms with van der Waals surface area (Å²) in [4.78, 5) is 14.2. The molecule has 154 valence electrons. The molecular weight excluding hydrogens is 402 g/mol. The van der Waals surface area contributed by atoms with Crippen LogP contribution in [0.1, 0.15) is 36.0 Å². The van der Waals surface area contributed by atoms with Gasteiger partial charge in [-0.15, -0.1) is 0 Å². The van der Waals surface area contributed by atoms with Crippen molar-refractivity contribution in [2.45, 2.75) is 36.6 Å². The smallest absolute Gasteiger partial charge is 0.264 e. The van der Waals surface area contributed by atoms with Crippen molar-refractivity contribution < 1.29 is 26.7 Å². The van der Waals surface area contributed by atoms with E-state index >= 15 is 0 Å². The number of nitrogens with one attached hydrogen (secondary N) is 1. The summed E-state index contributed by atoms with van der Waals surface area (Å²) >= 11 is 0. The number of hydrogen-bond donors (Lipinski definition) is 1. The number of hydrogen-bond acceptors (Lipinski definition) is 4. The van der Waals surface area contributed by atoms with Crippen LogP contribution in [0.25, 0.3) is 0 Å². The third kappa shape index (κ3) is 3.91. The molecule has 9 heteroatoms. The summed E-state index contributed by atoms with van der Waals surface area (Å²) in [5.74, 6) is -1.89. The molecular formula is C20H20F2N2O4S. The minimum Gasteiger partial charge on any atom is -0.493 e. The summed E-state index contributed by atoms with van der Waals surface area (Å²) in [6, 6.07) is 6.70. The van der Waals surface area contributed by atoms with Crippen LogP contribution in [0.3, 0.4) is 0 Å². The molecule has 1 N–H and O–H groups in total. The second kappa shape index (κ2) is 7.62. The van der Waals surface area contributed by atoms with E-state index in [0.717, 1.165) is 37.8 Å². The molecule has 2 aliphatic heterocycles. The van der Waals surface area contributed by atoms with Crippen LogP contribution < -0.4 is 9.46 Å². The monoisotopic (exact) mass is 422 g/mol. The molecule has 0 bridgehead atoms. The van der Waals surface area contributed by atoms with Crippen LogP contribution in [0.15, 0.2) is 41.3 Å². The van der Waals surface area contributed by atoms with Gasteiger partial charge in [0.2, 0.25) is 0 Å². The number of amides is 1. The summed E-state index contributed by atoms with van der Waals surface area (Å²) in [5.41, 5.74) is 0.356. The first kappa shape index (κ1) is 19.6. The van der Waals surface area contributed by atoms with E-state index < -0.39 is 26.6 Å². The molecule has 0 aliphatic carbocycles. The van der Waals surface area contributed by atoms with E-state index in [2.05, 4.69) is 4.72 Å². The fourth-order valence-electron chi connectivity index (χ4n) is 3.82. The van der Waals surface area contributed by atoms with Gasteiger partial charge < -0.3 is 9.64 Å². The van der Waals surface area contributed by atoms with Crippen molar-refractivity contribution >= 4 is 21.6 Å². The number of rotatable bonds is 3. The number of sulfonamides is 1. The number of ether oxygens (including phenoxy) is 1. The van der Waals surface area contributed by atoms with Gasteiger partial charge in [0.25, 0.3) is 15.9 Å². The van der Waals surface area contributed by atoms with Gasteiger partial charge >= 0.3 is 0 Å². The first-order chi connectivity index (χ1) is 13.8. The largest absolute Gasteiger partial charge is 0.493 e. The van der Waals surface area contributed by atoms with E-state index in [4.69, 9.17) is 4.74 Å². The maximum Gasteiger partial charge on any atom is 0.264 e. The lowest BCUT2D eigenvalue weighted by molar-refractivity contribution is 0.0548. The molecule has 6 nitrogen and oxygen atoms in total. The standard InChI is InChI=1S/C20H20F2N2O4S/c21-13-4-7-19(17(22)11-13)29(26,27)23-14-5-6-18-16(12-14)20(25)24-9-2-1-3-15(24)8-10-28-18/h4-7,11-12,15,23H,1-3,8-10H2. The van der Waals surface area contributed by atoms with Crippen LogP contribution in [0.5, 0.6) is 5.75 Å². The second-order valence-electron chi connectivity index (χ2n) is 7.18. The highest BCUT2D eigenvalue weighted by molar-refractivity contribution is 7.92. The summed E-state index contributed by atoms with van der Waals surface area (Å²) in [6.45, 7) is 1.12. The predicted molar refractivity (Wildman–Crippen MR) is 102 cm³/mol. The Hall–Kier alpha value is -2.68. The Balaban J connectivity index is 1.66. The summed E-state index contributed by atoms with van der Waals surface area (Å²) in [6.07, 6.45) is 3.66. The first-order valence-electron chi connectivity index (χ1n) is 9.41. The van der Waals surface area contributed by atoms with Crippen molar-refractivity contribution in [2.24, 2.45) is 0 Å². The van der Waals surface area contributed by atoms with Gasteiger partial charge in [-0.05, 0) is 49.6 Å². The summed E-state index contributed by atoms with van der Waals surface area (Å²) in [7, 11) is -4.30. The van der Waals surface area contributed by atoms with Crippen molar-refractivity contribution in [3.05, 3.63) is 53.6 Å². The number of halogens is 2. The van der Waals surface area contributed by atoms with Gasteiger partial charge in [-0.2, -0.15) is 0 Å². The number of nitrogens with zero attached hydrogens (tertiary/aromatic N) is 1. The van der Waals surface area contributed by atoms with E-state index in [0.29, 0.717) is 25.0 Å². The Morgan fingerprint density at radius 3 is 2.69 bits per heavy atom. The lowest BCUT2D eigenvalue weighted by Crippen LogP contribution is -2.45. The SMILES string of the molecule is O=C1c2cc(NS(=O)(=O)c3ccc(F)cc3F)ccc2OCCC2CCCCN12. The van der Waals surface area contributed by atoms with Gasteiger partial charge in [-0.3, -0.25) is 9.52 Å². The Morgan fingerprint density at radius 2 is 1.90 bits per heavy atom. The molecule has 29 heavy (non-hydrogen) atoms. The maximum absolute atomic E-state index is 13.9. The van der Waals surface area contributed by atoms with Crippen LogP contribution in [0, 0.1) is 11.6 Å². The van der Waals surface area contributed by atoms with E-state index in [1.165, 1.54) is 18.2 Å². The Labute approximate surface area is 167 Å². The number of carbonyl (C=O) groups is 1. The quantitative estimate of drug-likeness (QED) is 0.821. The normalized spacial score (nSPS) is 19.4. The Bertz CT molecular complexity index is 1060. The average molecular weight is 422 g/mol. The topological polar surface area (TPSA) is 75.7 Å². The zero-order valence-corrected chi connectivity index (χ0v) is 16.3. The molecule has 4 rings (SSSR count). The predicted octanol–water partition coefficient (Wildman–Crippen LogP) is 3.54. The number of anilines is 1. The van der Waals surface area contributed by atoms with Crippen molar-refractivity contribution in [1.29, 1.82) is 0 Å². The summed E-state index contributed by atoms with van der Waals surface area (Å²) < 4.78 is 60.1. The lowest BCUT2D eigenvalue weighted by Gasteiger charge is -2.37. The molecule has 1 unspecified atom stereocenters. The zero-order chi connectivity index (χ0) is 20.6. The maximum atomic E-state index is 13.9. The molecule has 0 saturated carbocycles. The minimum absolute atomic E-state index is 0.0959. The van der Waals surface area contributed by atoms with E-state index in [-0.39, 0.29) is 23.2 Å². The highest BCUT2D eigenvalue weighted by atomic mass is 32.2. The second-order valence-corrected chi connectivity index (χ2v) is 8.83. The number of fused-ring (bicyclic) bond motifs is 2. The van der Waals surface area contributed by atoms with Crippen LogP contribution in [0.2, 0.25) is 0 Å². The van der Waals surface area contributed by atoms with Crippen LogP contribution in [0.4, 0.5) is 14.5 Å². The van der Waals surface area contributed by atoms with Gasteiger partial charge in [0.05, 0.1) is 12.2 Å². The van der Waals surface area contributed by atoms with Crippen molar-refractivity contribution in [3.8, 4) is 5.75 Å². The molecule has 1 fully saturated rings. The van der Waals surface area contributed by atoms with Crippen LogP contribution in [-0.4, -0.2) is 38.4 Å². The van der Waals surface area contributed by atoms with Gasteiger partial charge in [-0.25, -0.2) is 17.2 Å². The van der Waals surface area contributed by atoms with Gasteiger partial charge in [0.1, 0.15) is 22.3 Å². The van der Waals surface area contributed by atoms with E-state index in [1.54, 1.807) is 0 Å². The fourth-order valence-corrected chi connectivity index (χ4v) is 4.93. The molecule has 2 aromatic rings. The third-order valence-electron chi connectivity index (χ3n) is 5.24. The molecule has 2 heterocycles. The number of piperidine rings is 1. The molecule has 0 spiro atoms. The van der Waals surface area contributed by atoms with E-state index in [9.17, 15) is 22.0 Å². The van der Waals surface area contributed by atoms with Crippen molar-refractivity contribution in [3.63, 3.8) is 0 Å². The minimum atomic E-state index is -4.30. The van der Waals surface area contributed by atoms with Crippen LogP contribution in [-0.2, 0) is 10.0 Å². The molecule has 0 radical (unpaired) electrons.